The first-order valence-corrected chi connectivity index (χ1v) is 7.30. The van der Waals surface area contributed by atoms with Gasteiger partial charge in [-0.25, -0.2) is 4.79 Å². The lowest BCUT2D eigenvalue weighted by atomic mass is 10.1. The molecule has 2 rings (SSSR count). The topological polar surface area (TPSA) is 121 Å². The van der Waals surface area contributed by atoms with Crippen molar-refractivity contribution in [2.45, 2.75) is 12.5 Å². The van der Waals surface area contributed by atoms with Gasteiger partial charge in [-0.15, -0.1) is 0 Å². The zero-order valence-electron chi connectivity index (χ0n) is 11.5. The van der Waals surface area contributed by atoms with Crippen molar-refractivity contribution in [3.63, 3.8) is 0 Å². The van der Waals surface area contributed by atoms with Gasteiger partial charge in [-0.1, -0.05) is 33.2 Å². The average molecular weight is 371 g/mol. The van der Waals surface area contributed by atoms with Gasteiger partial charge in [0.05, 0.1) is 12.6 Å². The van der Waals surface area contributed by atoms with Gasteiger partial charge in [0.15, 0.2) is 5.82 Å². The number of aliphatic hydroxyl groups excluding tert-OH is 1. The molecule has 0 saturated carbocycles. The number of nitrogens with one attached hydrogen (secondary N) is 2. The van der Waals surface area contributed by atoms with E-state index in [9.17, 15) is 4.79 Å². The minimum absolute atomic E-state index is 0.0760. The number of halogens is 1. The fourth-order valence-electron chi connectivity index (χ4n) is 1.82. The maximum absolute atomic E-state index is 11.0. The summed E-state index contributed by atoms with van der Waals surface area (Å²) >= 11 is 3.35. The molecule has 22 heavy (non-hydrogen) atoms. The highest BCUT2D eigenvalue weighted by Crippen LogP contribution is 2.19. The normalized spacial score (nSPS) is 11.9. The third-order valence-electron chi connectivity index (χ3n) is 2.79. The minimum Gasteiger partial charge on any atom is -0.465 e. The SMILES string of the molecule is O=C(O)N[C@@H](Cc1ccc(Br)cc1)c1noc(NCCO)n1. The van der Waals surface area contributed by atoms with Gasteiger partial charge in [-0.2, -0.15) is 4.98 Å². The second-order valence-electron chi connectivity index (χ2n) is 4.44. The Bertz CT molecular complexity index is 617. The standard InChI is InChI=1S/C13H15BrN4O4/c14-9-3-1-8(2-4-9)7-10(16-13(20)21)11-17-12(22-18-11)15-5-6-19/h1-4,10,16,19H,5-7H2,(H,20,21)(H,15,17,18)/t10-/m0/s1. The van der Waals surface area contributed by atoms with Crippen molar-refractivity contribution in [3.05, 3.63) is 40.1 Å². The highest BCUT2D eigenvalue weighted by molar-refractivity contribution is 9.10. The first kappa shape index (κ1) is 16.2. The molecule has 1 heterocycles. The van der Waals surface area contributed by atoms with E-state index in [-0.39, 0.29) is 25.0 Å². The van der Waals surface area contributed by atoms with E-state index in [0.717, 1.165) is 10.0 Å². The van der Waals surface area contributed by atoms with Crippen molar-refractivity contribution >= 4 is 28.0 Å². The third kappa shape index (κ3) is 4.71. The third-order valence-corrected chi connectivity index (χ3v) is 3.32. The molecule has 0 unspecified atom stereocenters. The smallest absolute Gasteiger partial charge is 0.405 e. The molecule has 1 aromatic carbocycles. The molecule has 0 radical (unpaired) electrons. The molecule has 1 atom stereocenters. The van der Waals surface area contributed by atoms with E-state index in [4.69, 9.17) is 14.7 Å². The zero-order valence-corrected chi connectivity index (χ0v) is 13.1. The van der Waals surface area contributed by atoms with Crippen molar-refractivity contribution < 1.29 is 19.5 Å². The van der Waals surface area contributed by atoms with Gasteiger partial charge in [0, 0.05) is 17.4 Å². The summed E-state index contributed by atoms with van der Waals surface area (Å²) in [6.45, 7) is 0.193. The van der Waals surface area contributed by atoms with Gasteiger partial charge in [0.25, 0.3) is 0 Å². The predicted octanol–water partition coefficient (Wildman–Crippen LogP) is 1.79. The van der Waals surface area contributed by atoms with Gasteiger partial charge < -0.3 is 25.4 Å². The van der Waals surface area contributed by atoms with Crippen LogP contribution in [0.15, 0.2) is 33.3 Å². The van der Waals surface area contributed by atoms with Crippen molar-refractivity contribution in [1.29, 1.82) is 0 Å². The lowest BCUT2D eigenvalue weighted by molar-refractivity contribution is 0.189. The summed E-state index contributed by atoms with van der Waals surface area (Å²) in [5.41, 5.74) is 0.927. The Kier molecular flexibility index (Phi) is 5.73. The van der Waals surface area contributed by atoms with E-state index in [1.807, 2.05) is 24.3 Å². The van der Waals surface area contributed by atoms with Crippen molar-refractivity contribution in [3.8, 4) is 0 Å². The predicted molar refractivity (Wildman–Crippen MR) is 81.6 cm³/mol. The summed E-state index contributed by atoms with van der Waals surface area (Å²) in [6.07, 6.45) is -0.782. The minimum atomic E-state index is -1.17. The molecule has 0 aliphatic carbocycles. The van der Waals surface area contributed by atoms with Crippen LogP contribution < -0.4 is 10.6 Å². The Morgan fingerprint density at radius 1 is 1.36 bits per heavy atom. The summed E-state index contributed by atoms with van der Waals surface area (Å²) in [7, 11) is 0. The number of amides is 1. The maximum atomic E-state index is 11.0. The molecule has 0 saturated heterocycles. The van der Waals surface area contributed by atoms with Crippen molar-refractivity contribution in [1.82, 2.24) is 15.5 Å². The van der Waals surface area contributed by atoms with E-state index in [0.29, 0.717) is 6.42 Å². The van der Waals surface area contributed by atoms with Gasteiger partial charge in [0.2, 0.25) is 0 Å². The molecular formula is C13H15BrN4O4. The van der Waals surface area contributed by atoms with E-state index in [2.05, 4.69) is 36.7 Å². The molecule has 2 aromatic rings. The molecule has 0 fully saturated rings. The molecule has 0 aliphatic rings. The monoisotopic (exact) mass is 370 g/mol. The van der Waals surface area contributed by atoms with Crippen LogP contribution in [0, 0.1) is 0 Å². The molecule has 4 N–H and O–H groups in total. The van der Waals surface area contributed by atoms with E-state index in [1.54, 1.807) is 0 Å². The Labute approximate surface area is 134 Å². The molecule has 0 aliphatic heterocycles. The Balaban J connectivity index is 2.12. The number of benzene rings is 1. The summed E-state index contributed by atoms with van der Waals surface area (Å²) in [5.74, 6) is 0.228. The molecule has 118 valence electrons. The van der Waals surface area contributed by atoms with Crippen molar-refractivity contribution in [2.75, 3.05) is 18.5 Å². The molecular weight excluding hydrogens is 356 g/mol. The number of aromatic nitrogens is 2. The number of nitrogens with zero attached hydrogens (tertiary/aromatic N) is 2. The summed E-state index contributed by atoms with van der Waals surface area (Å²) in [6, 6.07) is 7.01. The quantitative estimate of drug-likeness (QED) is 0.586. The fourth-order valence-corrected chi connectivity index (χ4v) is 2.09. The Morgan fingerprint density at radius 2 is 2.09 bits per heavy atom. The van der Waals surface area contributed by atoms with Crippen LogP contribution in [-0.2, 0) is 6.42 Å². The summed E-state index contributed by atoms with van der Waals surface area (Å²) in [5, 5.41) is 26.6. The van der Waals surface area contributed by atoms with Gasteiger partial charge >= 0.3 is 12.1 Å². The highest BCUT2D eigenvalue weighted by Gasteiger charge is 2.21. The van der Waals surface area contributed by atoms with Crippen LogP contribution >= 0.6 is 15.9 Å². The van der Waals surface area contributed by atoms with Crippen LogP contribution in [0.2, 0.25) is 0 Å². The number of hydrogen-bond donors (Lipinski definition) is 4. The van der Waals surface area contributed by atoms with Crippen LogP contribution in [0.25, 0.3) is 0 Å². The second kappa shape index (κ2) is 7.76. The Hall–Kier alpha value is -2.13. The number of anilines is 1. The summed E-state index contributed by atoms with van der Waals surface area (Å²) in [4.78, 5) is 15.0. The van der Waals surface area contributed by atoms with Gasteiger partial charge in [-0.3, -0.25) is 0 Å². The van der Waals surface area contributed by atoms with Crippen LogP contribution in [0.3, 0.4) is 0 Å². The first-order chi connectivity index (χ1) is 10.6. The van der Waals surface area contributed by atoms with Gasteiger partial charge in [0.1, 0.15) is 0 Å². The largest absolute Gasteiger partial charge is 0.465 e. The summed E-state index contributed by atoms with van der Waals surface area (Å²) < 4.78 is 5.90. The van der Waals surface area contributed by atoms with Gasteiger partial charge in [-0.05, 0) is 17.7 Å². The Morgan fingerprint density at radius 3 is 2.73 bits per heavy atom. The maximum Gasteiger partial charge on any atom is 0.405 e. The highest BCUT2D eigenvalue weighted by atomic mass is 79.9. The lowest BCUT2D eigenvalue weighted by Gasteiger charge is -2.13. The number of hydrogen-bond acceptors (Lipinski definition) is 6. The number of aliphatic hydroxyl groups is 1. The molecule has 1 aromatic heterocycles. The van der Waals surface area contributed by atoms with Crippen LogP contribution in [-0.4, -0.2) is 39.6 Å². The number of rotatable bonds is 7. The number of carbonyl (C=O) groups is 1. The van der Waals surface area contributed by atoms with Crippen LogP contribution in [0.4, 0.5) is 10.8 Å². The second-order valence-corrected chi connectivity index (χ2v) is 5.36. The van der Waals surface area contributed by atoms with E-state index >= 15 is 0 Å². The van der Waals surface area contributed by atoms with Crippen LogP contribution in [0.1, 0.15) is 17.4 Å². The molecule has 0 spiro atoms. The molecule has 0 bridgehead atoms. The van der Waals surface area contributed by atoms with Crippen LogP contribution in [0.5, 0.6) is 0 Å². The van der Waals surface area contributed by atoms with E-state index in [1.165, 1.54) is 0 Å². The average Bonchev–Trinajstić information content (AvgIpc) is 2.95. The molecule has 1 amide bonds. The lowest BCUT2D eigenvalue weighted by Crippen LogP contribution is -2.29. The number of carboxylic acid groups (broad SMARTS) is 1. The fraction of sp³-hybridized carbons (Fsp3) is 0.308. The van der Waals surface area contributed by atoms with Crippen molar-refractivity contribution in [2.24, 2.45) is 0 Å². The zero-order chi connectivity index (χ0) is 15.9. The first-order valence-electron chi connectivity index (χ1n) is 6.50. The molecule has 8 nitrogen and oxygen atoms in total. The van der Waals surface area contributed by atoms with E-state index < -0.39 is 12.1 Å². The molecule has 9 heteroatoms.